The summed E-state index contributed by atoms with van der Waals surface area (Å²) >= 11 is 0. The second-order valence-electron chi connectivity index (χ2n) is 16.9. The minimum Gasteiger partial charge on any atom is -0.291 e. The average Bonchev–Trinajstić information content (AvgIpc) is 2.37. The minimum absolute atomic E-state index is 0.117. The van der Waals surface area contributed by atoms with Crippen LogP contribution < -0.4 is 0 Å². The van der Waals surface area contributed by atoms with Crippen LogP contribution in [0.25, 0.3) is 0 Å². The Labute approximate surface area is 192 Å². The zero-order valence-electron chi connectivity index (χ0n) is 24.3. The molecule has 0 N–H and O–H groups in total. The standard InChI is InChI=1S/C29H59N/c1-24(2,3)19-20(25(4,5)6)22(27(10,11)12)30(29(16,17)18)23(28(13,14)15)21(19)26(7,8)9/h19-23H,1-18H3. The third-order valence-corrected chi connectivity index (χ3v) is 7.60. The highest BCUT2D eigenvalue weighted by Gasteiger charge is 2.63. The van der Waals surface area contributed by atoms with Crippen molar-refractivity contribution in [2.45, 2.75) is 142 Å². The third-order valence-electron chi connectivity index (χ3n) is 7.60. The van der Waals surface area contributed by atoms with E-state index >= 15 is 0 Å². The number of likely N-dealkylation sites (tertiary alicyclic amines) is 1. The zero-order chi connectivity index (χ0) is 24.5. The molecule has 1 nitrogen and oxygen atoms in total. The molecule has 0 saturated carbocycles. The average molecular weight is 422 g/mol. The highest BCUT2D eigenvalue weighted by molar-refractivity contribution is 5.14. The molecule has 1 heterocycles. The van der Waals surface area contributed by atoms with Crippen LogP contribution in [0.5, 0.6) is 0 Å². The van der Waals surface area contributed by atoms with Crippen molar-refractivity contribution in [1.82, 2.24) is 4.90 Å². The van der Waals surface area contributed by atoms with Crippen LogP contribution in [0.15, 0.2) is 0 Å². The highest BCUT2D eigenvalue weighted by Crippen LogP contribution is 2.62. The third kappa shape index (κ3) is 5.65. The quantitative estimate of drug-likeness (QED) is 0.377. The Morgan fingerprint density at radius 1 is 0.333 bits per heavy atom. The molecule has 1 saturated heterocycles. The van der Waals surface area contributed by atoms with Crippen LogP contribution in [-0.4, -0.2) is 22.5 Å². The Balaban J connectivity index is 4.17. The molecular weight excluding hydrogens is 362 g/mol. The molecule has 1 rings (SSSR count). The summed E-state index contributed by atoms with van der Waals surface area (Å²) < 4.78 is 0. The second kappa shape index (κ2) is 7.78. The fourth-order valence-electron chi connectivity index (χ4n) is 6.98. The fourth-order valence-corrected chi connectivity index (χ4v) is 6.98. The van der Waals surface area contributed by atoms with Gasteiger partial charge in [-0.05, 0) is 65.6 Å². The van der Waals surface area contributed by atoms with Gasteiger partial charge in [-0.2, -0.15) is 0 Å². The molecule has 1 aliphatic rings. The summed E-state index contributed by atoms with van der Waals surface area (Å²) in [7, 11) is 0. The lowest BCUT2D eigenvalue weighted by atomic mass is 9.45. The molecule has 30 heavy (non-hydrogen) atoms. The fraction of sp³-hybridized carbons (Fsp3) is 1.00. The molecule has 4 atom stereocenters. The smallest absolute Gasteiger partial charge is 0.0188 e. The van der Waals surface area contributed by atoms with Crippen molar-refractivity contribution in [2.75, 3.05) is 0 Å². The summed E-state index contributed by atoms with van der Waals surface area (Å²) in [5.74, 6) is 1.91. The summed E-state index contributed by atoms with van der Waals surface area (Å²) in [6.07, 6.45) is 0. The van der Waals surface area contributed by atoms with Crippen molar-refractivity contribution >= 4 is 0 Å². The molecule has 0 spiro atoms. The van der Waals surface area contributed by atoms with Gasteiger partial charge in [0, 0.05) is 17.6 Å². The zero-order valence-corrected chi connectivity index (χ0v) is 24.3. The summed E-state index contributed by atoms with van der Waals surface area (Å²) in [6.45, 7) is 44.9. The van der Waals surface area contributed by atoms with Gasteiger partial charge >= 0.3 is 0 Å². The van der Waals surface area contributed by atoms with E-state index in [0.29, 0.717) is 29.8 Å². The molecular formula is C29H59N. The van der Waals surface area contributed by atoms with Crippen molar-refractivity contribution in [2.24, 2.45) is 44.8 Å². The van der Waals surface area contributed by atoms with Gasteiger partial charge in [-0.3, -0.25) is 4.90 Å². The number of hydrogen-bond acceptors (Lipinski definition) is 1. The van der Waals surface area contributed by atoms with Gasteiger partial charge < -0.3 is 0 Å². The first kappa shape index (κ1) is 28.0. The molecule has 0 aromatic rings. The molecule has 0 aromatic carbocycles. The maximum atomic E-state index is 3.00. The molecule has 1 heteroatoms. The summed E-state index contributed by atoms with van der Waals surface area (Å²) in [4.78, 5) is 3.00. The Hall–Kier alpha value is -0.0400. The van der Waals surface area contributed by atoms with Crippen molar-refractivity contribution < 1.29 is 0 Å². The molecule has 0 amide bonds. The van der Waals surface area contributed by atoms with Gasteiger partial charge in [0.15, 0.2) is 0 Å². The van der Waals surface area contributed by atoms with E-state index in [4.69, 9.17) is 0 Å². The Bertz CT molecular complexity index is 419. The maximum absolute atomic E-state index is 3.00. The molecule has 4 unspecified atom stereocenters. The predicted molar refractivity (Wildman–Crippen MR) is 137 cm³/mol. The van der Waals surface area contributed by atoms with E-state index in [1.54, 1.807) is 0 Å². The Morgan fingerprint density at radius 2 is 0.567 bits per heavy atom. The van der Waals surface area contributed by atoms with Crippen molar-refractivity contribution in [3.05, 3.63) is 0 Å². The SMILES string of the molecule is CC(C)(C)C1C(C(C)(C)C)C(C(C)(C)C)N(C(C)(C)C)C(C(C)(C)C)C1C(C)(C)C. The summed E-state index contributed by atoms with van der Waals surface area (Å²) in [5.41, 5.74) is 1.28. The topological polar surface area (TPSA) is 3.24 Å². The van der Waals surface area contributed by atoms with Crippen LogP contribution in [0.2, 0.25) is 0 Å². The van der Waals surface area contributed by atoms with Gasteiger partial charge in [0.1, 0.15) is 0 Å². The molecule has 0 bridgehead atoms. The first-order valence-corrected chi connectivity index (χ1v) is 12.5. The molecule has 0 radical (unpaired) electrons. The molecule has 180 valence electrons. The van der Waals surface area contributed by atoms with Gasteiger partial charge in [-0.15, -0.1) is 0 Å². The van der Waals surface area contributed by atoms with E-state index in [-0.39, 0.29) is 32.6 Å². The van der Waals surface area contributed by atoms with Crippen LogP contribution >= 0.6 is 0 Å². The van der Waals surface area contributed by atoms with Crippen LogP contribution in [0.3, 0.4) is 0 Å². The largest absolute Gasteiger partial charge is 0.291 e. The van der Waals surface area contributed by atoms with Crippen LogP contribution in [0.1, 0.15) is 125 Å². The van der Waals surface area contributed by atoms with Crippen molar-refractivity contribution in [1.29, 1.82) is 0 Å². The molecule has 0 aromatic heterocycles. The molecule has 1 fully saturated rings. The van der Waals surface area contributed by atoms with E-state index in [1.807, 2.05) is 0 Å². The van der Waals surface area contributed by atoms with Crippen LogP contribution in [0, 0.1) is 44.8 Å². The lowest BCUT2D eigenvalue weighted by molar-refractivity contribution is -0.218. The Kier molecular flexibility index (Phi) is 7.26. The number of rotatable bonds is 0. The van der Waals surface area contributed by atoms with E-state index in [1.165, 1.54) is 0 Å². The predicted octanol–water partition coefficient (Wildman–Crippen LogP) is 8.92. The van der Waals surface area contributed by atoms with E-state index in [2.05, 4.69) is 130 Å². The Morgan fingerprint density at radius 3 is 0.700 bits per heavy atom. The van der Waals surface area contributed by atoms with Gasteiger partial charge in [-0.25, -0.2) is 0 Å². The molecule has 0 aliphatic carbocycles. The normalized spacial score (nSPS) is 31.2. The first-order chi connectivity index (χ1) is 12.7. The lowest BCUT2D eigenvalue weighted by Crippen LogP contribution is -2.74. The van der Waals surface area contributed by atoms with Gasteiger partial charge in [-0.1, -0.05) is 104 Å². The van der Waals surface area contributed by atoms with Crippen LogP contribution in [-0.2, 0) is 0 Å². The van der Waals surface area contributed by atoms with Crippen LogP contribution in [0.4, 0.5) is 0 Å². The van der Waals surface area contributed by atoms with E-state index in [0.717, 1.165) is 0 Å². The lowest BCUT2D eigenvalue weighted by Gasteiger charge is -2.70. The van der Waals surface area contributed by atoms with E-state index in [9.17, 15) is 0 Å². The van der Waals surface area contributed by atoms with E-state index < -0.39 is 0 Å². The number of nitrogens with zero attached hydrogens (tertiary/aromatic N) is 1. The second-order valence-corrected chi connectivity index (χ2v) is 16.9. The molecule has 1 aliphatic heterocycles. The monoisotopic (exact) mass is 421 g/mol. The summed E-state index contributed by atoms with van der Waals surface area (Å²) in [6, 6.07) is 1.06. The van der Waals surface area contributed by atoms with Gasteiger partial charge in [0.2, 0.25) is 0 Å². The first-order valence-electron chi connectivity index (χ1n) is 12.5. The maximum Gasteiger partial charge on any atom is 0.0188 e. The summed E-state index contributed by atoms with van der Waals surface area (Å²) in [5, 5.41) is 0. The van der Waals surface area contributed by atoms with Crippen molar-refractivity contribution in [3.63, 3.8) is 0 Å². The van der Waals surface area contributed by atoms with Gasteiger partial charge in [0.05, 0.1) is 0 Å². The van der Waals surface area contributed by atoms with Crippen molar-refractivity contribution in [3.8, 4) is 0 Å². The minimum atomic E-state index is 0.117. The highest BCUT2D eigenvalue weighted by atomic mass is 15.3. The number of hydrogen-bond donors (Lipinski definition) is 0. The van der Waals surface area contributed by atoms with Gasteiger partial charge in [0.25, 0.3) is 0 Å². The number of piperidine rings is 1.